The van der Waals surface area contributed by atoms with Gasteiger partial charge in [-0.25, -0.2) is 4.79 Å². The van der Waals surface area contributed by atoms with Crippen LogP contribution in [0.2, 0.25) is 5.02 Å². The molecule has 1 N–H and O–H groups in total. The molecule has 0 heterocycles. The van der Waals surface area contributed by atoms with Gasteiger partial charge in [0.05, 0.1) is 24.9 Å². The zero-order chi connectivity index (χ0) is 22.8. The van der Waals surface area contributed by atoms with E-state index in [0.29, 0.717) is 33.3 Å². The number of methoxy groups -OCH3 is 1. The number of hydrogen-bond donors (Lipinski definition) is 1. The Bertz CT molecular complexity index is 816. The molecule has 164 valence electrons. The van der Waals surface area contributed by atoms with E-state index in [2.05, 4.69) is 10.1 Å². The number of halogens is 1. The summed E-state index contributed by atoms with van der Waals surface area (Å²) < 4.78 is 16.1. The molecular formula is C23H30ClNO5. The van der Waals surface area contributed by atoms with E-state index in [4.69, 9.17) is 21.1 Å². The Balaban J connectivity index is 0.00000218. The quantitative estimate of drug-likeness (QED) is 0.541. The molecule has 0 aliphatic rings. The fraction of sp³-hybridized carbons (Fsp3) is 0.391. The number of nitrogens with one attached hydrogen (secondary N) is 1. The van der Waals surface area contributed by atoms with Crippen LogP contribution in [0.25, 0.3) is 0 Å². The maximum atomic E-state index is 12.7. The van der Waals surface area contributed by atoms with Gasteiger partial charge in [0.25, 0.3) is 5.91 Å². The van der Waals surface area contributed by atoms with Crippen LogP contribution in [0.4, 0.5) is 5.69 Å². The molecule has 2 aromatic rings. The predicted molar refractivity (Wildman–Crippen MR) is 120 cm³/mol. The van der Waals surface area contributed by atoms with E-state index >= 15 is 0 Å². The molecule has 0 unspecified atom stereocenters. The lowest BCUT2D eigenvalue weighted by atomic mass is 10.1. The van der Waals surface area contributed by atoms with Gasteiger partial charge in [0.2, 0.25) is 0 Å². The van der Waals surface area contributed by atoms with E-state index in [1.165, 1.54) is 7.11 Å². The van der Waals surface area contributed by atoms with Crippen molar-refractivity contribution in [2.24, 2.45) is 0 Å². The van der Waals surface area contributed by atoms with Crippen molar-refractivity contribution in [3.05, 3.63) is 52.5 Å². The molecule has 2 rings (SSSR count). The molecule has 7 heteroatoms. The Kier molecular flexibility index (Phi) is 10.2. The summed E-state index contributed by atoms with van der Waals surface area (Å²) in [6.45, 7) is 11.5. The topological polar surface area (TPSA) is 73.9 Å². The Morgan fingerprint density at radius 3 is 1.73 bits per heavy atom. The van der Waals surface area contributed by atoms with Crippen LogP contribution in [0.15, 0.2) is 36.4 Å². The molecule has 0 saturated heterocycles. The summed E-state index contributed by atoms with van der Waals surface area (Å²) in [6.07, 6.45) is -0.234. The second kappa shape index (κ2) is 12.1. The number of ether oxygens (including phenoxy) is 3. The van der Waals surface area contributed by atoms with Gasteiger partial charge in [-0.05, 0) is 64.1 Å². The SMILES string of the molecule is CC.COC(=O)c1ccc(NC(=O)c2cc(OC(C)C)c(Cl)c(OC(C)C)c2)cc1. The van der Waals surface area contributed by atoms with Crippen LogP contribution in [-0.2, 0) is 4.74 Å². The van der Waals surface area contributed by atoms with Crippen molar-refractivity contribution < 1.29 is 23.8 Å². The molecule has 0 atom stereocenters. The third-order valence-electron chi connectivity index (χ3n) is 3.56. The Morgan fingerprint density at radius 2 is 1.33 bits per heavy atom. The summed E-state index contributed by atoms with van der Waals surface area (Å²) in [6, 6.07) is 9.55. The molecule has 0 aliphatic heterocycles. The van der Waals surface area contributed by atoms with Crippen molar-refractivity contribution in [1.29, 1.82) is 0 Å². The van der Waals surface area contributed by atoms with Crippen molar-refractivity contribution in [1.82, 2.24) is 0 Å². The van der Waals surface area contributed by atoms with Crippen LogP contribution in [0, 0.1) is 0 Å². The van der Waals surface area contributed by atoms with Crippen LogP contribution in [0.3, 0.4) is 0 Å². The fourth-order valence-corrected chi connectivity index (χ4v) is 2.59. The monoisotopic (exact) mass is 435 g/mol. The molecule has 0 aliphatic carbocycles. The van der Waals surface area contributed by atoms with E-state index in [-0.39, 0.29) is 18.1 Å². The summed E-state index contributed by atoms with van der Waals surface area (Å²) in [5, 5.41) is 3.10. The van der Waals surface area contributed by atoms with Gasteiger partial charge in [0, 0.05) is 11.3 Å². The van der Waals surface area contributed by atoms with Crippen LogP contribution in [0.5, 0.6) is 11.5 Å². The molecule has 0 saturated carbocycles. The largest absolute Gasteiger partial charge is 0.489 e. The minimum Gasteiger partial charge on any atom is -0.489 e. The average Bonchev–Trinajstić information content (AvgIpc) is 2.71. The Morgan fingerprint density at radius 1 is 0.867 bits per heavy atom. The highest BCUT2D eigenvalue weighted by atomic mass is 35.5. The van der Waals surface area contributed by atoms with Crippen molar-refractivity contribution in [2.45, 2.75) is 53.8 Å². The van der Waals surface area contributed by atoms with Crippen LogP contribution < -0.4 is 14.8 Å². The molecule has 0 fully saturated rings. The lowest BCUT2D eigenvalue weighted by molar-refractivity contribution is 0.0600. The highest BCUT2D eigenvalue weighted by Crippen LogP contribution is 2.37. The standard InChI is InChI=1S/C21H24ClNO5.C2H6/c1-12(2)27-17-10-15(11-18(19(17)22)28-13(3)4)20(24)23-16-8-6-14(7-9-16)21(25)26-5;1-2/h6-13H,1-5H3,(H,23,24);1-2H3. The number of benzene rings is 2. The number of amides is 1. The van der Waals surface area contributed by atoms with Gasteiger partial charge in [-0.2, -0.15) is 0 Å². The normalized spacial score (nSPS) is 10.2. The third-order valence-corrected chi connectivity index (χ3v) is 3.93. The first-order valence-electron chi connectivity index (χ1n) is 9.87. The minimum absolute atomic E-state index is 0.117. The van der Waals surface area contributed by atoms with E-state index in [1.807, 2.05) is 41.5 Å². The second-order valence-corrected chi connectivity index (χ2v) is 7.02. The Hall–Kier alpha value is -2.73. The molecule has 1 amide bonds. The number of hydrogen-bond acceptors (Lipinski definition) is 5. The van der Waals surface area contributed by atoms with E-state index in [1.54, 1.807) is 36.4 Å². The van der Waals surface area contributed by atoms with Gasteiger partial charge >= 0.3 is 5.97 Å². The number of esters is 1. The molecule has 6 nitrogen and oxygen atoms in total. The van der Waals surface area contributed by atoms with Crippen LogP contribution in [-0.4, -0.2) is 31.2 Å². The fourth-order valence-electron chi connectivity index (χ4n) is 2.39. The number of rotatable bonds is 7. The molecule has 0 spiro atoms. The van der Waals surface area contributed by atoms with Crippen LogP contribution >= 0.6 is 11.6 Å². The maximum Gasteiger partial charge on any atom is 0.337 e. The van der Waals surface area contributed by atoms with Crippen molar-refractivity contribution in [3.8, 4) is 11.5 Å². The molecule has 0 bridgehead atoms. The van der Waals surface area contributed by atoms with Gasteiger partial charge < -0.3 is 19.5 Å². The van der Waals surface area contributed by atoms with Gasteiger partial charge in [0.1, 0.15) is 16.5 Å². The molecular weight excluding hydrogens is 406 g/mol. The first-order chi connectivity index (χ1) is 14.2. The first-order valence-corrected chi connectivity index (χ1v) is 10.3. The van der Waals surface area contributed by atoms with Gasteiger partial charge in [-0.1, -0.05) is 25.4 Å². The van der Waals surface area contributed by atoms with E-state index in [0.717, 1.165) is 0 Å². The van der Waals surface area contributed by atoms with Crippen LogP contribution in [0.1, 0.15) is 62.3 Å². The highest BCUT2D eigenvalue weighted by molar-refractivity contribution is 6.33. The minimum atomic E-state index is -0.443. The summed E-state index contributed by atoms with van der Waals surface area (Å²) in [5.74, 6) is -0.0479. The van der Waals surface area contributed by atoms with Gasteiger partial charge in [-0.15, -0.1) is 0 Å². The molecule has 0 radical (unpaired) electrons. The molecule has 0 aromatic heterocycles. The number of anilines is 1. The van der Waals surface area contributed by atoms with Gasteiger partial charge in [0.15, 0.2) is 0 Å². The first kappa shape index (κ1) is 25.3. The number of carbonyl (C=O) groups is 2. The lowest BCUT2D eigenvalue weighted by Gasteiger charge is -2.18. The predicted octanol–water partition coefficient (Wildman–Crippen LogP) is 5.98. The summed E-state index contributed by atoms with van der Waals surface area (Å²) in [5.41, 5.74) is 1.27. The molecule has 2 aromatic carbocycles. The summed E-state index contributed by atoms with van der Waals surface area (Å²) in [4.78, 5) is 24.2. The maximum absolute atomic E-state index is 12.7. The zero-order valence-corrected chi connectivity index (χ0v) is 19.3. The summed E-state index contributed by atoms with van der Waals surface area (Å²) >= 11 is 6.37. The average molecular weight is 436 g/mol. The second-order valence-electron chi connectivity index (χ2n) is 6.64. The third kappa shape index (κ3) is 7.26. The number of carbonyl (C=O) groups excluding carboxylic acids is 2. The van der Waals surface area contributed by atoms with Gasteiger partial charge in [-0.3, -0.25) is 4.79 Å². The summed E-state index contributed by atoms with van der Waals surface area (Å²) in [7, 11) is 1.31. The van der Waals surface area contributed by atoms with Crippen molar-refractivity contribution >= 4 is 29.2 Å². The van der Waals surface area contributed by atoms with E-state index < -0.39 is 5.97 Å². The smallest absolute Gasteiger partial charge is 0.337 e. The van der Waals surface area contributed by atoms with Crippen molar-refractivity contribution in [2.75, 3.05) is 12.4 Å². The Labute approximate surface area is 183 Å². The molecule has 30 heavy (non-hydrogen) atoms. The zero-order valence-electron chi connectivity index (χ0n) is 18.5. The van der Waals surface area contributed by atoms with Crippen molar-refractivity contribution in [3.63, 3.8) is 0 Å². The lowest BCUT2D eigenvalue weighted by Crippen LogP contribution is -2.15. The highest BCUT2D eigenvalue weighted by Gasteiger charge is 2.18. The van der Waals surface area contributed by atoms with E-state index in [9.17, 15) is 9.59 Å².